The van der Waals surface area contributed by atoms with Gasteiger partial charge in [-0.05, 0) is 18.2 Å². The van der Waals surface area contributed by atoms with Crippen molar-refractivity contribution in [3.63, 3.8) is 0 Å². The van der Waals surface area contributed by atoms with E-state index in [2.05, 4.69) is 4.98 Å². The maximum atomic E-state index is 12.1. The van der Waals surface area contributed by atoms with Gasteiger partial charge in [-0.3, -0.25) is 20.2 Å². The first-order valence-electron chi connectivity index (χ1n) is 6.90. The molecule has 3 aromatic rings. The first-order valence-corrected chi connectivity index (χ1v) is 7.72. The summed E-state index contributed by atoms with van der Waals surface area (Å²) in [5.74, 6) is -0.944. The summed E-state index contributed by atoms with van der Waals surface area (Å²) in [7, 11) is 0. The Morgan fingerprint density at radius 1 is 1.12 bits per heavy atom. The van der Waals surface area contributed by atoms with Crippen molar-refractivity contribution in [2.45, 2.75) is 6.61 Å². The van der Waals surface area contributed by atoms with E-state index in [1.165, 1.54) is 11.3 Å². The van der Waals surface area contributed by atoms with E-state index in [4.69, 9.17) is 4.74 Å². The van der Waals surface area contributed by atoms with Crippen LogP contribution in [0.2, 0.25) is 0 Å². The van der Waals surface area contributed by atoms with Crippen LogP contribution in [0.3, 0.4) is 0 Å². The molecule has 0 aliphatic rings. The molecule has 0 N–H and O–H groups in total. The molecule has 0 atom stereocenters. The average molecular weight is 359 g/mol. The number of nitrogens with zero attached hydrogens (tertiary/aromatic N) is 3. The molecule has 0 radical (unpaired) electrons. The second kappa shape index (κ2) is 6.61. The van der Waals surface area contributed by atoms with Gasteiger partial charge >= 0.3 is 5.97 Å². The fourth-order valence-corrected chi connectivity index (χ4v) is 3.02. The molecule has 0 bridgehead atoms. The van der Waals surface area contributed by atoms with Crippen molar-refractivity contribution < 1.29 is 19.4 Å². The van der Waals surface area contributed by atoms with E-state index in [1.54, 1.807) is 0 Å². The molecule has 9 nitrogen and oxygen atoms in total. The molecule has 25 heavy (non-hydrogen) atoms. The van der Waals surface area contributed by atoms with Gasteiger partial charge in [0.05, 0.1) is 26.1 Å². The number of para-hydroxylation sites is 1. The lowest BCUT2D eigenvalue weighted by Gasteiger charge is -2.03. The third-order valence-corrected chi connectivity index (χ3v) is 4.28. The SMILES string of the molecule is O=C(OCc1nc2ccccc2s1)c1ccc([N+](=O)[O-])cc1[N+](=O)[O-]. The highest BCUT2D eigenvalue weighted by atomic mass is 32.1. The Morgan fingerprint density at radius 2 is 1.88 bits per heavy atom. The molecule has 1 heterocycles. The molecule has 1 aromatic heterocycles. The van der Waals surface area contributed by atoms with Gasteiger partial charge in [0.15, 0.2) is 0 Å². The Bertz CT molecular complexity index is 967. The van der Waals surface area contributed by atoms with E-state index in [9.17, 15) is 25.0 Å². The van der Waals surface area contributed by atoms with Gasteiger partial charge in [-0.15, -0.1) is 11.3 Å². The van der Waals surface area contributed by atoms with Crippen molar-refractivity contribution in [3.8, 4) is 0 Å². The molecule has 0 saturated heterocycles. The molecular formula is C15H9N3O6S. The molecular weight excluding hydrogens is 350 g/mol. The van der Waals surface area contributed by atoms with E-state index in [0.29, 0.717) is 5.01 Å². The molecule has 0 aliphatic heterocycles. The van der Waals surface area contributed by atoms with Crippen molar-refractivity contribution in [2.24, 2.45) is 0 Å². The number of carbonyl (C=O) groups excluding carboxylic acids is 1. The number of thiazole rings is 1. The highest BCUT2D eigenvalue weighted by Gasteiger charge is 2.25. The van der Waals surface area contributed by atoms with Gasteiger partial charge in [0.25, 0.3) is 11.4 Å². The first kappa shape index (κ1) is 16.5. The number of benzene rings is 2. The van der Waals surface area contributed by atoms with E-state index in [1.807, 2.05) is 24.3 Å². The number of nitro groups is 2. The van der Waals surface area contributed by atoms with Gasteiger partial charge in [0.2, 0.25) is 0 Å². The number of fused-ring (bicyclic) bond motifs is 1. The zero-order valence-corrected chi connectivity index (χ0v) is 13.3. The predicted octanol–water partition coefficient (Wildman–Crippen LogP) is 3.47. The van der Waals surface area contributed by atoms with E-state index in [-0.39, 0.29) is 12.2 Å². The number of hydrogen-bond acceptors (Lipinski definition) is 8. The Balaban J connectivity index is 1.80. The predicted molar refractivity (Wildman–Crippen MR) is 88.5 cm³/mol. The summed E-state index contributed by atoms with van der Waals surface area (Å²) in [6.07, 6.45) is 0. The summed E-state index contributed by atoms with van der Waals surface area (Å²) in [6, 6.07) is 10.1. The minimum atomic E-state index is -0.944. The number of ether oxygens (including phenoxy) is 1. The van der Waals surface area contributed by atoms with Gasteiger partial charge < -0.3 is 4.74 Å². The van der Waals surface area contributed by atoms with Gasteiger partial charge in [0, 0.05) is 6.07 Å². The topological polar surface area (TPSA) is 125 Å². The summed E-state index contributed by atoms with van der Waals surface area (Å²) < 4.78 is 6.00. The van der Waals surface area contributed by atoms with E-state index >= 15 is 0 Å². The lowest BCUT2D eigenvalue weighted by molar-refractivity contribution is -0.394. The maximum absolute atomic E-state index is 12.1. The number of hydrogen-bond donors (Lipinski definition) is 0. The molecule has 0 aliphatic carbocycles. The number of esters is 1. The second-order valence-electron chi connectivity index (χ2n) is 4.87. The lowest BCUT2D eigenvalue weighted by atomic mass is 10.1. The van der Waals surface area contributed by atoms with Crippen LogP contribution in [-0.2, 0) is 11.3 Å². The Morgan fingerprint density at radius 3 is 2.56 bits per heavy atom. The van der Waals surface area contributed by atoms with Crippen LogP contribution in [0.15, 0.2) is 42.5 Å². The van der Waals surface area contributed by atoms with Gasteiger partial charge in [-0.25, -0.2) is 9.78 Å². The van der Waals surface area contributed by atoms with Crippen LogP contribution in [0.5, 0.6) is 0 Å². The summed E-state index contributed by atoms with van der Waals surface area (Å²) in [4.78, 5) is 36.5. The van der Waals surface area contributed by atoms with Gasteiger partial charge in [-0.1, -0.05) is 12.1 Å². The minimum Gasteiger partial charge on any atom is -0.455 e. The molecule has 0 unspecified atom stereocenters. The Hall–Kier alpha value is -3.40. The molecule has 0 spiro atoms. The monoisotopic (exact) mass is 359 g/mol. The maximum Gasteiger partial charge on any atom is 0.345 e. The summed E-state index contributed by atoms with van der Waals surface area (Å²) in [6.45, 7) is -0.147. The highest BCUT2D eigenvalue weighted by molar-refractivity contribution is 7.18. The van der Waals surface area contributed by atoms with E-state index in [0.717, 1.165) is 28.4 Å². The van der Waals surface area contributed by atoms with Crippen LogP contribution in [-0.4, -0.2) is 20.8 Å². The fourth-order valence-electron chi connectivity index (χ4n) is 2.14. The molecule has 0 saturated carbocycles. The van der Waals surface area contributed by atoms with Crippen molar-refractivity contribution in [1.82, 2.24) is 4.98 Å². The lowest BCUT2D eigenvalue weighted by Crippen LogP contribution is -2.08. The van der Waals surface area contributed by atoms with Crippen LogP contribution in [0.4, 0.5) is 11.4 Å². The summed E-state index contributed by atoms with van der Waals surface area (Å²) in [5.41, 5.74) is -0.741. The van der Waals surface area contributed by atoms with Gasteiger partial charge in [0.1, 0.15) is 17.2 Å². The first-order chi connectivity index (χ1) is 12.0. The molecule has 3 rings (SSSR count). The zero-order chi connectivity index (χ0) is 18.0. The molecule has 10 heteroatoms. The quantitative estimate of drug-likeness (QED) is 0.388. The van der Waals surface area contributed by atoms with Crippen molar-refractivity contribution in [3.05, 3.63) is 73.3 Å². The van der Waals surface area contributed by atoms with Gasteiger partial charge in [-0.2, -0.15) is 0 Å². The molecule has 0 fully saturated rings. The number of carbonyl (C=O) groups is 1. The smallest absolute Gasteiger partial charge is 0.345 e. The molecule has 126 valence electrons. The number of aromatic nitrogens is 1. The minimum absolute atomic E-state index is 0.147. The van der Waals surface area contributed by atoms with Crippen LogP contribution in [0.1, 0.15) is 15.4 Å². The fraction of sp³-hybridized carbons (Fsp3) is 0.0667. The average Bonchev–Trinajstić information content (AvgIpc) is 3.02. The normalized spacial score (nSPS) is 10.6. The van der Waals surface area contributed by atoms with Crippen molar-refractivity contribution in [1.29, 1.82) is 0 Å². The summed E-state index contributed by atoms with van der Waals surface area (Å²) >= 11 is 1.34. The Kier molecular flexibility index (Phi) is 4.35. The van der Waals surface area contributed by atoms with Crippen LogP contribution in [0.25, 0.3) is 10.2 Å². The van der Waals surface area contributed by atoms with Crippen LogP contribution >= 0.6 is 11.3 Å². The zero-order valence-electron chi connectivity index (χ0n) is 12.4. The van der Waals surface area contributed by atoms with Crippen LogP contribution < -0.4 is 0 Å². The molecule has 2 aromatic carbocycles. The third-order valence-electron chi connectivity index (χ3n) is 3.27. The summed E-state index contributed by atoms with van der Waals surface area (Å²) in [5, 5.41) is 22.3. The second-order valence-corrected chi connectivity index (χ2v) is 5.98. The highest BCUT2D eigenvalue weighted by Crippen LogP contribution is 2.26. The standard InChI is InChI=1S/C15H9N3O6S/c19-15(10-6-5-9(17(20)21)7-12(10)18(22)23)24-8-14-16-11-3-1-2-4-13(11)25-14/h1-7H,8H2. The molecule has 0 amide bonds. The van der Waals surface area contributed by atoms with Crippen molar-refractivity contribution in [2.75, 3.05) is 0 Å². The van der Waals surface area contributed by atoms with Crippen molar-refractivity contribution >= 4 is 38.9 Å². The van der Waals surface area contributed by atoms with E-state index < -0.39 is 27.2 Å². The van der Waals surface area contributed by atoms with Crippen LogP contribution in [0, 0.1) is 20.2 Å². The number of rotatable bonds is 5. The number of non-ortho nitro benzene ring substituents is 1. The largest absolute Gasteiger partial charge is 0.455 e. The Labute approximate surface area is 143 Å². The number of nitro benzene ring substituents is 2. The third kappa shape index (κ3) is 3.43.